The van der Waals surface area contributed by atoms with Crippen LogP contribution in [0.15, 0.2) is 30.3 Å². The lowest BCUT2D eigenvalue weighted by Crippen LogP contribution is -2.47. The Hall–Kier alpha value is -1.69. The average molecular weight is 363 g/mol. The van der Waals surface area contributed by atoms with Crippen molar-refractivity contribution < 1.29 is 4.74 Å². The fraction of sp³-hybridized carbons (Fsp3) is 0.474. The van der Waals surface area contributed by atoms with E-state index >= 15 is 0 Å². The van der Waals surface area contributed by atoms with E-state index in [1.807, 2.05) is 19.9 Å². The van der Waals surface area contributed by atoms with E-state index < -0.39 is 0 Å². The fourth-order valence-electron chi connectivity index (χ4n) is 3.29. The lowest BCUT2D eigenvalue weighted by Gasteiger charge is -2.37. The van der Waals surface area contributed by atoms with Gasteiger partial charge in [-0.2, -0.15) is 0 Å². The Kier molecular flexibility index (Phi) is 7.17. The van der Waals surface area contributed by atoms with Gasteiger partial charge in [-0.15, -0.1) is 12.4 Å². The van der Waals surface area contributed by atoms with Gasteiger partial charge in [-0.25, -0.2) is 9.97 Å². The fourth-order valence-corrected chi connectivity index (χ4v) is 3.29. The van der Waals surface area contributed by atoms with Gasteiger partial charge in [0, 0.05) is 43.6 Å². The minimum atomic E-state index is 0. The second kappa shape index (κ2) is 9.13. The molecule has 1 aromatic heterocycles. The van der Waals surface area contributed by atoms with Gasteiger partial charge in [-0.05, 0) is 38.0 Å². The van der Waals surface area contributed by atoms with E-state index in [4.69, 9.17) is 4.74 Å². The standard InChI is InChI=1S/C19H26N4O.ClH/c1-14-6-4-5-7-17(14)18-13-20-8-9-23(18)10-11-24-19-21-15(2)12-16(3)22-19;/h4-7,12,18,20H,8-11,13H2,1-3H3;1H. The van der Waals surface area contributed by atoms with Crippen LogP contribution in [0.1, 0.15) is 28.6 Å². The van der Waals surface area contributed by atoms with E-state index in [1.165, 1.54) is 11.1 Å². The highest BCUT2D eigenvalue weighted by atomic mass is 35.5. The molecular weight excluding hydrogens is 336 g/mol. The zero-order valence-electron chi connectivity index (χ0n) is 15.2. The maximum atomic E-state index is 5.80. The topological polar surface area (TPSA) is 50.3 Å². The van der Waals surface area contributed by atoms with Crippen molar-refractivity contribution >= 4 is 12.4 Å². The molecule has 0 amide bonds. The molecule has 1 saturated heterocycles. The maximum absolute atomic E-state index is 5.80. The highest BCUT2D eigenvalue weighted by Crippen LogP contribution is 2.24. The highest BCUT2D eigenvalue weighted by molar-refractivity contribution is 5.85. The Morgan fingerprint density at radius 3 is 2.60 bits per heavy atom. The number of aryl methyl sites for hydroxylation is 3. The van der Waals surface area contributed by atoms with Crippen LogP contribution >= 0.6 is 12.4 Å². The van der Waals surface area contributed by atoms with Gasteiger partial charge in [0.1, 0.15) is 6.61 Å². The molecule has 6 heteroatoms. The first-order valence-electron chi connectivity index (χ1n) is 8.59. The van der Waals surface area contributed by atoms with Crippen LogP contribution in [0.5, 0.6) is 6.01 Å². The molecule has 1 N–H and O–H groups in total. The summed E-state index contributed by atoms with van der Waals surface area (Å²) >= 11 is 0. The van der Waals surface area contributed by atoms with Gasteiger partial charge < -0.3 is 10.1 Å². The van der Waals surface area contributed by atoms with Crippen molar-refractivity contribution in [2.45, 2.75) is 26.8 Å². The molecule has 2 heterocycles. The van der Waals surface area contributed by atoms with Gasteiger partial charge in [0.15, 0.2) is 0 Å². The van der Waals surface area contributed by atoms with E-state index in [1.54, 1.807) is 0 Å². The zero-order chi connectivity index (χ0) is 16.9. The molecular formula is C19H27ClN4O. The summed E-state index contributed by atoms with van der Waals surface area (Å²) in [5.41, 5.74) is 4.62. The molecule has 0 saturated carbocycles. The van der Waals surface area contributed by atoms with E-state index in [0.29, 0.717) is 18.7 Å². The van der Waals surface area contributed by atoms with Crippen LogP contribution in [0.4, 0.5) is 0 Å². The van der Waals surface area contributed by atoms with E-state index in [2.05, 4.69) is 51.4 Å². The van der Waals surface area contributed by atoms with Crippen molar-refractivity contribution in [2.75, 3.05) is 32.8 Å². The molecule has 3 rings (SSSR count). The van der Waals surface area contributed by atoms with Crippen molar-refractivity contribution in [3.63, 3.8) is 0 Å². The maximum Gasteiger partial charge on any atom is 0.316 e. The second-order valence-corrected chi connectivity index (χ2v) is 6.39. The summed E-state index contributed by atoms with van der Waals surface area (Å²) < 4.78 is 5.80. The Balaban J connectivity index is 0.00000225. The number of halogens is 1. The van der Waals surface area contributed by atoms with Crippen LogP contribution in [0.25, 0.3) is 0 Å². The van der Waals surface area contributed by atoms with Crippen molar-refractivity contribution in [2.24, 2.45) is 0 Å². The van der Waals surface area contributed by atoms with E-state index in [9.17, 15) is 0 Å². The van der Waals surface area contributed by atoms with Crippen LogP contribution in [-0.2, 0) is 0 Å². The van der Waals surface area contributed by atoms with Crippen LogP contribution < -0.4 is 10.1 Å². The monoisotopic (exact) mass is 362 g/mol. The Labute approximate surface area is 156 Å². The molecule has 1 unspecified atom stereocenters. The molecule has 1 atom stereocenters. The van der Waals surface area contributed by atoms with Gasteiger partial charge in [0.05, 0.1) is 0 Å². The number of nitrogens with one attached hydrogen (secondary N) is 1. The Morgan fingerprint density at radius 2 is 1.88 bits per heavy atom. The van der Waals surface area contributed by atoms with Gasteiger partial charge in [0.2, 0.25) is 0 Å². The second-order valence-electron chi connectivity index (χ2n) is 6.39. The lowest BCUT2D eigenvalue weighted by atomic mass is 9.98. The minimum Gasteiger partial charge on any atom is -0.462 e. The predicted octanol–water partition coefficient (Wildman–Crippen LogP) is 2.85. The molecule has 1 aliphatic rings. The molecule has 1 aromatic carbocycles. The Morgan fingerprint density at radius 1 is 1.16 bits per heavy atom. The highest BCUT2D eigenvalue weighted by Gasteiger charge is 2.24. The summed E-state index contributed by atoms with van der Waals surface area (Å²) in [5.74, 6) is 0. The largest absolute Gasteiger partial charge is 0.462 e. The van der Waals surface area contributed by atoms with Gasteiger partial charge in [-0.1, -0.05) is 24.3 Å². The summed E-state index contributed by atoms with van der Waals surface area (Å²) in [6.45, 7) is 10.6. The van der Waals surface area contributed by atoms with Gasteiger partial charge in [-0.3, -0.25) is 4.90 Å². The molecule has 1 fully saturated rings. The van der Waals surface area contributed by atoms with Crippen molar-refractivity contribution in [3.8, 4) is 6.01 Å². The van der Waals surface area contributed by atoms with Crippen molar-refractivity contribution in [1.29, 1.82) is 0 Å². The third kappa shape index (κ3) is 5.14. The SMILES string of the molecule is Cc1cc(C)nc(OCCN2CCNCC2c2ccccc2C)n1.Cl. The molecule has 1 aliphatic heterocycles. The van der Waals surface area contributed by atoms with Gasteiger partial charge in [0.25, 0.3) is 0 Å². The number of hydrogen-bond acceptors (Lipinski definition) is 5. The third-order valence-corrected chi connectivity index (χ3v) is 4.47. The van der Waals surface area contributed by atoms with E-state index in [-0.39, 0.29) is 12.4 Å². The average Bonchev–Trinajstić information content (AvgIpc) is 2.55. The molecule has 25 heavy (non-hydrogen) atoms. The summed E-state index contributed by atoms with van der Waals surface area (Å²) in [5, 5.41) is 3.51. The normalized spacial score (nSPS) is 17.8. The molecule has 0 bridgehead atoms. The third-order valence-electron chi connectivity index (χ3n) is 4.47. The first kappa shape index (κ1) is 19.6. The number of ether oxygens (including phenoxy) is 1. The molecule has 0 spiro atoms. The van der Waals surface area contributed by atoms with Crippen LogP contribution in [0.3, 0.4) is 0 Å². The summed E-state index contributed by atoms with van der Waals surface area (Å²) in [7, 11) is 0. The van der Waals surface area contributed by atoms with Crippen molar-refractivity contribution in [1.82, 2.24) is 20.2 Å². The molecule has 5 nitrogen and oxygen atoms in total. The quantitative estimate of drug-likeness (QED) is 0.886. The first-order valence-corrected chi connectivity index (χ1v) is 8.59. The predicted molar refractivity (Wildman–Crippen MR) is 103 cm³/mol. The molecule has 136 valence electrons. The smallest absolute Gasteiger partial charge is 0.316 e. The summed E-state index contributed by atoms with van der Waals surface area (Å²) in [6.07, 6.45) is 0. The summed E-state index contributed by atoms with van der Waals surface area (Å²) in [4.78, 5) is 11.2. The number of aromatic nitrogens is 2. The number of hydrogen-bond donors (Lipinski definition) is 1. The number of nitrogens with zero attached hydrogens (tertiary/aromatic N) is 3. The molecule has 2 aromatic rings. The van der Waals surface area contributed by atoms with E-state index in [0.717, 1.165) is 37.6 Å². The summed E-state index contributed by atoms with van der Waals surface area (Å²) in [6, 6.07) is 11.5. The molecule has 0 radical (unpaired) electrons. The Bertz CT molecular complexity index is 675. The van der Waals surface area contributed by atoms with Gasteiger partial charge >= 0.3 is 6.01 Å². The van der Waals surface area contributed by atoms with Crippen molar-refractivity contribution in [3.05, 3.63) is 52.8 Å². The first-order chi connectivity index (χ1) is 11.6. The molecule has 0 aliphatic carbocycles. The van der Waals surface area contributed by atoms with Crippen LogP contribution in [0, 0.1) is 20.8 Å². The number of piperazine rings is 1. The lowest BCUT2D eigenvalue weighted by molar-refractivity contribution is 0.130. The number of benzene rings is 1. The zero-order valence-corrected chi connectivity index (χ0v) is 16.0. The van der Waals surface area contributed by atoms with Crippen LogP contribution in [-0.4, -0.2) is 47.7 Å². The minimum absolute atomic E-state index is 0. The number of rotatable bonds is 5. The van der Waals surface area contributed by atoms with Crippen LogP contribution in [0.2, 0.25) is 0 Å².